The van der Waals surface area contributed by atoms with Gasteiger partial charge in [0.25, 0.3) is 0 Å². The van der Waals surface area contributed by atoms with E-state index in [-0.39, 0.29) is 28.7 Å². The van der Waals surface area contributed by atoms with Crippen molar-refractivity contribution in [2.75, 3.05) is 12.8 Å². The van der Waals surface area contributed by atoms with E-state index in [9.17, 15) is 9.59 Å². The molecule has 6 nitrogen and oxygen atoms in total. The van der Waals surface area contributed by atoms with Crippen LogP contribution in [0.4, 0.5) is 0 Å². The SMILES string of the molecule is Cc1cc(C(=O)CSC2=N[C@H]3SC=C(c4ccccc4)[C@H]3C(=O)N2C)c(C)n1-c1nccs1. The number of aryl methyl sites for hydroxylation is 1. The number of aliphatic imine (C=N–C) groups is 1. The Bertz CT molecular complexity index is 1280. The van der Waals surface area contributed by atoms with Crippen LogP contribution >= 0.6 is 34.9 Å². The lowest BCUT2D eigenvalue weighted by Crippen LogP contribution is -2.44. The number of ketones is 1. The first-order valence-corrected chi connectivity index (χ1v) is 13.3. The van der Waals surface area contributed by atoms with Crippen molar-refractivity contribution in [3.63, 3.8) is 0 Å². The maximum atomic E-state index is 13.2. The Labute approximate surface area is 204 Å². The number of thioether (sulfide) groups is 2. The van der Waals surface area contributed by atoms with Gasteiger partial charge in [-0.2, -0.15) is 0 Å². The standard InChI is InChI=1S/C24H22N4O2S3/c1-14-11-17(15(2)28(14)23-25-9-10-31-23)19(29)13-33-24-26-21-20(22(30)27(24)3)18(12-32-21)16-7-5-4-6-8-16/h4-12,20-21H,13H2,1-3H3/t20-,21+/m1/s1. The Morgan fingerprint density at radius 2 is 2.00 bits per heavy atom. The number of hydrogen-bond donors (Lipinski definition) is 0. The Hall–Kier alpha value is -2.62. The molecular formula is C24H22N4O2S3. The summed E-state index contributed by atoms with van der Waals surface area (Å²) in [4.78, 5) is 37.1. The Balaban J connectivity index is 1.32. The number of Topliss-reactive ketones (excluding diaryl/α,β-unsaturated/α-hetero) is 1. The van der Waals surface area contributed by atoms with Gasteiger partial charge in [0.15, 0.2) is 16.1 Å². The molecule has 2 atom stereocenters. The summed E-state index contributed by atoms with van der Waals surface area (Å²) < 4.78 is 2.01. The van der Waals surface area contributed by atoms with Crippen molar-refractivity contribution in [3.05, 3.63) is 75.9 Å². The molecule has 2 aliphatic heterocycles. The normalized spacial score (nSPS) is 20.0. The molecule has 33 heavy (non-hydrogen) atoms. The minimum absolute atomic E-state index is 0.0174. The summed E-state index contributed by atoms with van der Waals surface area (Å²) in [6, 6.07) is 11.9. The van der Waals surface area contributed by atoms with Gasteiger partial charge in [-0.3, -0.25) is 19.1 Å². The number of nitrogens with zero attached hydrogens (tertiary/aromatic N) is 4. The number of carbonyl (C=O) groups is 2. The number of aromatic nitrogens is 2. The first-order valence-electron chi connectivity index (χ1n) is 10.5. The van der Waals surface area contributed by atoms with Gasteiger partial charge in [0, 0.05) is 35.6 Å². The number of rotatable bonds is 5. The minimum Gasteiger partial charge on any atom is -0.294 e. The van der Waals surface area contributed by atoms with Gasteiger partial charge >= 0.3 is 0 Å². The van der Waals surface area contributed by atoms with E-state index >= 15 is 0 Å². The summed E-state index contributed by atoms with van der Waals surface area (Å²) in [5.41, 5.74) is 4.60. The monoisotopic (exact) mass is 494 g/mol. The molecule has 0 radical (unpaired) electrons. The fourth-order valence-corrected chi connectivity index (χ4v) is 7.05. The van der Waals surface area contributed by atoms with Crippen LogP contribution in [0.1, 0.15) is 27.3 Å². The van der Waals surface area contributed by atoms with E-state index in [4.69, 9.17) is 4.99 Å². The van der Waals surface area contributed by atoms with Crippen molar-refractivity contribution >= 4 is 57.3 Å². The molecule has 0 bridgehead atoms. The highest BCUT2D eigenvalue weighted by molar-refractivity contribution is 8.14. The molecule has 1 amide bonds. The first kappa shape index (κ1) is 22.2. The summed E-state index contributed by atoms with van der Waals surface area (Å²) in [6.45, 7) is 3.92. The average molecular weight is 495 g/mol. The highest BCUT2D eigenvalue weighted by atomic mass is 32.2. The number of amidine groups is 1. The molecule has 168 valence electrons. The van der Waals surface area contributed by atoms with Crippen LogP contribution in [0.15, 0.2) is 58.4 Å². The highest BCUT2D eigenvalue weighted by Crippen LogP contribution is 2.45. The van der Waals surface area contributed by atoms with Crippen molar-refractivity contribution in [1.82, 2.24) is 14.5 Å². The fraction of sp³-hybridized carbons (Fsp3) is 0.250. The largest absolute Gasteiger partial charge is 0.294 e. The van der Waals surface area contributed by atoms with Gasteiger partial charge in [0.2, 0.25) is 5.91 Å². The van der Waals surface area contributed by atoms with E-state index in [0.29, 0.717) is 10.7 Å². The predicted molar refractivity (Wildman–Crippen MR) is 137 cm³/mol. The molecule has 0 saturated carbocycles. The van der Waals surface area contributed by atoms with Gasteiger partial charge in [0.05, 0.1) is 11.7 Å². The number of carbonyl (C=O) groups excluding carboxylic acids is 2. The lowest BCUT2D eigenvalue weighted by Gasteiger charge is -2.31. The van der Waals surface area contributed by atoms with Crippen molar-refractivity contribution in [2.24, 2.45) is 10.9 Å². The molecule has 0 spiro atoms. The van der Waals surface area contributed by atoms with E-state index in [2.05, 4.69) is 4.98 Å². The molecule has 2 aromatic heterocycles. The molecule has 0 N–H and O–H groups in total. The topological polar surface area (TPSA) is 67.6 Å². The lowest BCUT2D eigenvalue weighted by atomic mass is 9.92. The van der Waals surface area contributed by atoms with Crippen molar-refractivity contribution < 1.29 is 9.59 Å². The molecule has 5 rings (SSSR count). The summed E-state index contributed by atoms with van der Waals surface area (Å²) >= 11 is 4.44. The molecule has 4 heterocycles. The maximum Gasteiger partial charge on any atom is 0.238 e. The molecule has 3 aromatic rings. The third-order valence-electron chi connectivity index (χ3n) is 5.86. The molecule has 0 unspecified atom stereocenters. The van der Waals surface area contributed by atoms with Gasteiger partial charge < -0.3 is 0 Å². The van der Waals surface area contributed by atoms with Crippen LogP contribution in [0.3, 0.4) is 0 Å². The average Bonchev–Trinajstić information content (AvgIpc) is 3.55. The van der Waals surface area contributed by atoms with Crippen LogP contribution in [-0.2, 0) is 4.79 Å². The van der Waals surface area contributed by atoms with E-state index in [1.165, 1.54) is 23.1 Å². The van der Waals surface area contributed by atoms with Crippen LogP contribution in [0.5, 0.6) is 0 Å². The second kappa shape index (κ2) is 8.96. The number of amides is 1. The lowest BCUT2D eigenvalue weighted by molar-refractivity contribution is -0.129. The molecular weight excluding hydrogens is 472 g/mol. The third-order valence-corrected chi connectivity index (χ3v) is 8.70. The molecule has 9 heteroatoms. The van der Waals surface area contributed by atoms with E-state index < -0.39 is 0 Å². The van der Waals surface area contributed by atoms with Crippen LogP contribution < -0.4 is 0 Å². The van der Waals surface area contributed by atoms with Gasteiger partial charge in [-0.1, -0.05) is 42.1 Å². The molecule has 0 fully saturated rings. The van der Waals surface area contributed by atoms with E-state index in [1.54, 1.807) is 29.9 Å². The van der Waals surface area contributed by atoms with Crippen molar-refractivity contribution in [3.8, 4) is 5.13 Å². The number of fused-ring (bicyclic) bond motifs is 1. The van der Waals surface area contributed by atoms with Crippen LogP contribution in [0.25, 0.3) is 10.7 Å². The number of benzene rings is 1. The number of hydrogen-bond acceptors (Lipinski definition) is 7. The summed E-state index contributed by atoms with van der Waals surface area (Å²) in [7, 11) is 1.74. The number of thiazole rings is 1. The van der Waals surface area contributed by atoms with Crippen LogP contribution in [0, 0.1) is 19.8 Å². The van der Waals surface area contributed by atoms with Gasteiger partial charge in [0.1, 0.15) is 5.37 Å². The third kappa shape index (κ3) is 3.98. The summed E-state index contributed by atoms with van der Waals surface area (Å²) in [6.07, 6.45) is 1.76. The maximum absolute atomic E-state index is 13.2. The minimum atomic E-state index is -0.292. The Kier molecular flexibility index (Phi) is 6.03. The first-order chi connectivity index (χ1) is 16.0. The quantitative estimate of drug-likeness (QED) is 0.466. The zero-order chi connectivity index (χ0) is 23.1. The van der Waals surface area contributed by atoms with Crippen molar-refractivity contribution in [2.45, 2.75) is 19.2 Å². The van der Waals surface area contributed by atoms with Crippen LogP contribution in [-0.4, -0.2) is 49.5 Å². The predicted octanol–water partition coefficient (Wildman–Crippen LogP) is 5.02. The second-order valence-electron chi connectivity index (χ2n) is 7.90. The van der Waals surface area contributed by atoms with Crippen LogP contribution in [0.2, 0.25) is 0 Å². The van der Waals surface area contributed by atoms with Gasteiger partial charge in [-0.15, -0.1) is 23.1 Å². The zero-order valence-corrected chi connectivity index (χ0v) is 20.8. The Morgan fingerprint density at radius 3 is 2.73 bits per heavy atom. The van der Waals surface area contributed by atoms with E-state index in [1.807, 2.05) is 65.6 Å². The molecule has 1 aromatic carbocycles. The highest BCUT2D eigenvalue weighted by Gasteiger charge is 2.43. The summed E-state index contributed by atoms with van der Waals surface area (Å²) in [5, 5.41) is 5.23. The Morgan fingerprint density at radius 1 is 1.21 bits per heavy atom. The van der Waals surface area contributed by atoms with Gasteiger partial charge in [-0.25, -0.2) is 9.98 Å². The molecule has 0 saturated heterocycles. The zero-order valence-electron chi connectivity index (χ0n) is 18.4. The van der Waals surface area contributed by atoms with E-state index in [0.717, 1.165) is 27.7 Å². The smallest absolute Gasteiger partial charge is 0.238 e. The molecule has 2 aliphatic rings. The fourth-order valence-electron chi connectivity index (χ4n) is 4.19. The van der Waals surface area contributed by atoms with Crippen molar-refractivity contribution in [1.29, 1.82) is 0 Å². The molecule has 0 aliphatic carbocycles. The van der Waals surface area contributed by atoms with Gasteiger partial charge in [-0.05, 0) is 36.5 Å². The summed E-state index contributed by atoms with van der Waals surface area (Å²) in [5.74, 6) is -0.0324. The second-order valence-corrected chi connectivity index (χ2v) is 10.7.